The van der Waals surface area contributed by atoms with Gasteiger partial charge in [-0.15, -0.1) is 0 Å². The quantitative estimate of drug-likeness (QED) is 0.702. The van der Waals surface area contributed by atoms with Crippen molar-refractivity contribution < 1.29 is 14.2 Å². The molecule has 0 spiro atoms. The van der Waals surface area contributed by atoms with E-state index in [0.29, 0.717) is 11.5 Å². The smallest absolute Gasteiger partial charge is 0.162 e. The minimum atomic E-state index is 0.649. The Morgan fingerprint density at radius 3 is 2.22 bits per heavy atom. The maximum Gasteiger partial charge on any atom is 0.162 e. The minimum Gasteiger partial charge on any atom is -0.493 e. The maximum atomic E-state index is 6.11. The van der Waals surface area contributed by atoms with Crippen molar-refractivity contribution in [3.8, 4) is 23.0 Å². The summed E-state index contributed by atoms with van der Waals surface area (Å²) in [5, 5.41) is 0.880. The molecular formula is C19H19NO3. The molecule has 3 aromatic rings. The summed E-state index contributed by atoms with van der Waals surface area (Å²) < 4.78 is 16.8. The third-order valence-corrected chi connectivity index (χ3v) is 3.76. The first-order valence-electron chi connectivity index (χ1n) is 7.38. The van der Waals surface area contributed by atoms with Crippen molar-refractivity contribution in [3.05, 3.63) is 53.7 Å². The van der Waals surface area contributed by atoms with Crippen LogP contribution in [0.3, 0.4) is 0 Å². The highest BCUT2D eigenvalue weighted by Crippen LogP contribution is 2.37. The van der Waals surface area contributed by atoms with Gasteiger partial charge in [0.2, 0.25) is 0 Å². The van der Waals surface area contributed by atoms with Crippen LogP contribution in [0.25, 0.3) is 10.9 Å². The van der Waals surface area contributed by atoms with Crippen molar-refractivity contribution >= 4 is 10.9 Å². The van der Waals surface area contributed by atoms with Crippen LogP contribution in [0.1, 0.15) is 11.1 Å². The highest BCUT2D eigenvalue weighted by molar-refractivity contribution is 5.88. The largest absolute Gasteiger partial charge is 0.493 e. The first-order valence-corrected chi connectivity index (χ1v) is 7.38. The molecule has 0 amide bonds. The molecule has 0 radical (unpaired) electrons. The van der Waals surface area contributed by atoms with Gasteiger partial charge >= 0.3 is 0 Å². The Kier molecular flexibility index (Phi) is 4.06. The third-order valence-electron chi connectivity index (χ3n) is 3.76. The number of hydrogen-bond acceptors (Lipinski definition) is 4. The molecule has 1 aromatic heterocycles. The first-order chi connectivity index (χ1) is 11.1. The van der Waals surface area contributed by atoms with Crippen LogP contribution in [0.4, 0.5) is 0 Å². The van der Waals surface area contributed by atoms with E-state index in [1.165, 1.54) is 5.56 Å². The fourth-order valence-electron chi connectivity index (χ4n) is 2.57. The van der Waals surface area contributed by atoms with Crippen LogP contribution in [0.15, 0.2) is 42.6 Å². The van der Waals surface area contributed by atoms with Gasteiger partial charge in [-0.25, -0.2) is 0 Å². The molecule has 0 N–H and O–H groups in total. The predicted octanol–water partition coefficient (Wildman–Crippen LogP) is 4.66. The zero-order valence-corrected chi connectivity index (χ0v) is 13.7. The SMILES string of the molecule is COc1cc2nccc(Oc3ccc(C)cc3C)c2cc1OC. The summed E-state index contributed by atoms with van der Waals surface area (Å²) >= 11 is 0. The monoisotopic (exact) mass is 309 g/mol. The average molecular weight is 309 g/mol. The summed E-state index contributed by atoms with van der Waals surface area (Å²) in [7, 11) is 3.23. The van der Waals surface area contributed by atoms with E-state index in [2.05, 4.69) is 18.0 Å². The zero-order chi connectivity index (χ0) is 16.4. The molecule has 2 aromatic carbocycles. The number of pyridine rings is 1. The van der Waals surface area contributed by atoms with E-state index in [4.69, 9.17) is 14.2 Å². The van der Waals surface area contributed by atoms with E-state index in [1.807, 2.05) is 37.3 Å². The van der Waals surface area contributed by atoms with Gasteiger partial charge in [0.05, 0.1) is 19.7 Å². The molecule has 0 unspecified atom stereocenters. The van der Waals surface area contributed by atoms with Crippen LogP contribution in [-0.4, -0.2) is 19.2 Å². The van der Waals surface area contributed by atoms with Gasteiger partial charge in [0.15, 0.2) is 11.5 Å². The predicted molar refractivity (Wildman–Crippen MR) is 90.8 cm³/mol. The van der Waals surface area contributed by atoms with Gasteiger partial charge in [-0.2, -0.15) is 0 Å². The van der Waals surface area contributed by atoms with Crippen LogP contribution in [0.2, 0.25) is 0 Å². The molecule has 0 saturated heterocycles. The zero-order valence-electron chi connectivity index (χ0n) is 13.7. The molecular weight excluding hydrogens is 290 g/mol. The van der Waals surface area contributed by atoms with Crippen LogP contribution >= 0.6 is 0 Å². The molecule has 0 saturated carbocycles. The van der Waals surface area contributed by atoms with E-state index >= 15 is 0 Å². The lowest BCUT2D eigenvalue weighted by molar-refractivity contribution is 0.355. The number of rotatable bonds is 4. The minimum absolute atomic E-state index is 0.649. The molecule has 0 aliphatic rings. The van der Waals surface area contributed by atoms with Crippen molar-refractivity contribution in [2.45, 2.75) is 13.8 Å². The van der Waals surface area contributed by atoms with Gasteiger partial charge in [-0.05, 0) is 37.6 Å². The number of benzene rings is 2. The Hall–Kier alpha value is -2.75. The van der Waals surface area contributed by atoms with E-state index in [-0.39, 0.29) is 0 Å². The summed E-state index contributed by atoms with van der Waals surface area (Å²) in [6.45, 7) is 4.10. The standard InChI is InChI=1S/C19H19NO3/c1-12-5-6-16(13(2)9-12)23-17-7-8-20-15-11-19(22-4)18(21-3)10-14(15)17/h5-11H,1-4H3. The highest BCUT2D eigenvalue weighted by Gasteiger charge is 2.12. The lowest BCUT2D eigenvalue weighted by Crippen LogP contribution is -1.94. The summed E-state index contributed by atoms with van der Waals surface area (Å²) in [5.41, 5.74) is 3.10. The second-order valence-corrected chi connectivity index (χ2v) is 5.40. The van der Waals surface area contributed by atoms with E-state index in [0.717, 1.165) is 28.0 Å². The Morgan fingerprint density at radius 1 is 0.783 bits per heavy atom. The van der Waals surface area contributed by atoms with Gasteiger partial charge < -0.3 is 14.2 Å². The number of aryl methyl sites for hydroxylation is 2. The Balaban J connectivity index is 2.10. The fourth-order valence-corrected chi connectivity index (χ4v) is 2.57. The second-order valence-electron chi connectivity index (χ2n) is 5.40. The van der Waals surface area contributed by atoms with Crippen LogP contribution in [0, 0.1) is 13.8 Å². The van der Waals surface area contributed by atoms with Crippen molar-refractivity contribution in [1.82, 2.24) is 4.98 Å². The molecule has 0 aliphatic heterocycles. The molecule has 0 fully saturated rings. The van der Waals surface area contributed by atoms with Crippen molar-refractivity contribution in [3.63, 3.8) is 0 Å². The molecule has 0 aliphatic carbocycles. The Bertz CT molecular complexity index is 859. The first kappa shape index (κ1) is 15.2. The topological polar surface area (TPSA) is 40.6 Å². The van der Waals surface area contributed by atoms with E-state index in [1.54, 1.807) is 20.4 Å². The second kappa shape index (κ2) is 6.16. The Labute approximate surface area is 135 Å². The molecule has 1 heterocycles. The normalized spacial score (nSPS) is 10.6. The molecule has 4 nitrogen and oxygen atoms in total. The van der Waals surface area contributed by atoms with Crippen LogP contribution in [-0.2, 0) is 0 Å². The maximum absolute atomic E-state index is 6.11. The van der Waals surface area contributed by atoms with Crippen molar-refractivity contribution in [2.75, 3.05) is 14.2 Å². The van der Waals surface area contributed by atoms with Gasteiger partial charge in [0.25, 0.3) is 0 Å². The number of fused-ring (bicyclic) bond motifs is 1. The third kappa shape index (κ3) is 2.93. The summed E-state index contributed by atoms with van der Waals surface area (Å²) in [5.74, 6) is 2.87. The highest BCUT2D eigenvalue weighted by atomic mass is 16.5. The summed E-state index contributed by atoms with van der Waals surface area (Å²) in [6.07, 6.45) is 1.73. The van der Waals surface area contributed by atoms with Gasteiger partial charge in [-0.1, -0.05) is 17.7 Å². The Morgan fingerprint density at radius 2 is 1.52 bits per heavy atom. The molecule has 23 heavy (non-hydrogen) atoms. The number of aromatic nitrogens is 1. The van der Waals surface area contributed by atoms with Gasteiger partial charge in [0.1, 0.15) is 11.5 Å². The fraction of sp³-hybridized carbons (Fsp3) is 0.211. The summed E-state index contributed by atoms with van der Waals surface area (Å²) in [6, 6.07) is 11.7. The van der Waals surface area contributed by atoms with Crippen molar-refractivity contribution in [2.24, 2.45) is 0 Å². The summed E-state index contributed by atoms with van der Waals surface area (Å²) in [4.78, 5) is 4.39. The number of methoxy groups -OCH3 is 2. The number of ether oxygens (including phenoxy) is 3. The van der Waals surface area contributed by atoms with Crippen molar-refractivity contribution in [1.29, 1.82) is 0 Å². The van der Waals surface area contributed by atoms with E-state index in [9.17, 15) is 0 Å². The van der Waals surface area contributed by atoms with Gasteiger partial charge in [-0.3, -0.25) is 4.98 Å². The number of hydrogen-bond donors (Lipinski definition) is 0. The molecule has 3 rings (SSSR count). The molecule has 0 bridgehead atoms. The lowest BCUT2D eigenvalue weighted by atomic mass is 10.1. The number of nitrogens with zero attached hydrogens (tertiary/aromatic N) is 1. The average Bonchev–Trinajstić information content (AvgIpc) is 2.56. The molecule has 0 atom stereocenters. The lowest BCUT2D eigenvalue weighted by Gasteiger charge is -2.13. The molecule has 4 heteroatoms. The van der Waals surface area contributed by atoms with Gasteiger partial charge in [0, 0.05) is 17.6 Å². The van der Waals surface area contributed by atoms with Crippen LogP contribution < -0.4 is 14.2 Å². The van der Waals surface area contributed by atoms with Crippen LogP contribution in [0.5, 0.6) is 23.0 Å². The van der Waals surface area contributed by atoms with E-state index < -0.39 is 0 Å². The molecule has 118 valence electrons.